The molecule has 0 N–H and O–H groups in total. The molecule has 1 aliphatic heterocycles. The van der Waals surface area contributed by atoms with Gasteiger partial charge in [-0.3, -0.25) is 9.59 Å². The molecule has 0 saturated heterocycles. The van der Waals surface area contributed by atoms with Gasteiger partial charge in [0.25, 0.3) is 11.8 Å². The van der Waals surface area contributed by atoms with Gasteiger partial charge >= 0.3 is 5.97 Å². The van der Waals surface area contributed by atoms with Crippen molar-refractivity contribution in [1.82, 2.24) is 0 Å². The van der Waals surface area contributed by atoms with Crippen LogP contribution >= 0.6 is 11.6 Å². The summed E-state index contributed by atoms with van der Waals surface area (Å²) in [5.41, 5.74) is 1.12. The molecule has 0 bridgehead atoms. The molecule has 1 heterocycles. The fourth-order valence-electron chi connectivity index (χ4n) is 3.39. The molecule has 152 valence electrons. The fraction of sp³-hybridized carbons (Fsp3) is 0.348. The minimum absolute atomic E-state index is 0.194. The molecule has 1 aliphatic rings. The largest absolute Gasteiger partial charge is 0.459 e. The first-order chi connectivity index (χ1) is 13.9. The highest BCUT2D eigenvalue weighted by Gasteiger charge is 2.37. The number of hydrogen-bond donors (Lipinski definition) is 0. The van der Waals surface area contributed by atoms with Crippen LogP contribution in [0.4, 0.5) is 5.69 Å². The van der Waals surface area contributed by atoms with Gasteiger partial charge in [-0.05, 0) is 56.2 Å². The van der Waals surface area contributed by atoms with Gasteiger partial charge < -0.3 is 4.74 Å². The van der Waals surface area contributed by atoms with Crippen molar-refractivity contribution < 1.29 is 19.1 Å². The molecule has 2 aromatic carbocycles. The number of rotatable bonds is 8. The lowest BCUT2D eigenvalue weighted by molar-refractivity contribution is 0.0319. The highest BCUT2D eigenvalue weighted by molar-refractivity contribution is 6.35. The molecule has 0 unspecified atom stereocenters. The molecule has 2 aromatic rings. The van der Waals surface area contributed by atoms with Crippen LogP contribution in [0.15, 0.2) is 42.5 Å². The molecule has 1 atom stereocenters. The van der Waals surface area contributed by atoms with E-state index in [1.165, 1.54) is 24.6 Å². The standard InChI is InChI=1S/C23H24ClNO4/c1-3-4-5-6-8-15(2)29-23(28)16-11-12-19-20(13-16)22(27)25(21(19)26)18-10-7-9-17(24)14-18/h7,9-15H,3-6,8H2,1-2H3/t15-/m1/s1. The van der Waals surface area contributed by atoms with E-state index < -0.39 is 17.8 Å². The lowest BCUT2D eigenvalue weighted by Gasteiger charge is -2.14. The number of hydrogen-bond acceptors (Lipinski definition) is 4. The number of halogens is 1. The molecule has 29 heavy (non-hydrogen) atoms. The number of esters is 1. The normalized spacial score (nSPS) is 14.1. The summed E-state index contributed by atoms with van der Waals surface area (Å²) in [6, 6.07) is 11.0. The van der Waals surface area contributed by atoms with Gasteiger partial charge in [-0.2, -0.15) is 0 Å². The van der Waals surface area contributed by atoms with Crippen molar-refractivity contribution in [3.8, 4) is 0 Å². The summed E-state index contributed by atoms with van der Waals surface area (Å²) in [6.45, 7) is 4.02. The summed E-state index contributed by atoms with van der Waals surface area (Å²) in [5, 5.41) is 0.427. The quantitative estimate of drug-likeness (QED) is 0.318. The zero-order chi connectivity index (χ0) is 21.0. The Balaban J connectivity index is 1.73. The van der Waals surface area contributed by atoms with Crippen molar-refractivity contribution in [2.24, 2.45) is 0 Å². The Morgan fingerprint density at radius 3 is 2.52 bits per heavy atom. The molecule has 6 heteroatoms. The lowest BCUT2D eigenvalue weighted by Crippen LogP contribution is -2.29. The van der Waals surface area contributed by atoms with E-state index in [9.17, 15) is 14.4 Å². The van der Waals surface area contributed by atoms with Crippen LogP contribution in [0.5, 0.6) is 0 Å². The molecule has 3 rings (SSSR count). The maximum Gasteiger partial charge on any atom is 0.338 e. The number of fused-ring (bicyclic) bond motifs is 1. The van der Waals surface area contributed by atoms with Gasteiger partial charge in [-0.15, -0.1) is 0 Å². The number of anilines is 1. The Kier molecular flexibility index (Phi) is 6.70. The number of amides is 2. The first-order valence-electron chi connectivity index (χ1n) is 9.91. The second-order valence-corrected chi connectivity index (χ2v) is 7.69. The topological polar surface area (TPSA) is 63.7 Å². The van der Waals surface area contributed by atoms with E-state index in [2.05, 4.69) is 6.92 Å². The smallest absolute Gasteiger partial charge is 0.338 e. The molecule has 0 saturated carbocycles. The summed E-state index contributed by atoms with van der Waals surface area (Å²) < 4.78 is 5.50. The van der Waals surface area contributed by atoms with E-state index in [0.717, 1.165) is 30.6 Å². The number of unbranched alkanes of at least 4 members (excludes halogenated alkanes) is 3. The Morgan fingerprint density at radius 2 is 1.79 bits per heavy atom. The number of ether oxygens (including phenoxy) is 1. The van der Waals surface area contributed by atoms with Gasteiger partial charge in [0.2, 0.25) is 0 Å². The maximum atomic E-state index is 12.8. The third-order valence-corrected chi connectivity index (χ3v) is 5.20. The Labute approximate surface area is 175 Å². The number of carbonyl (C=O) groups is 3. The Hall–Kier alpha value is -2.66. The van der Waals surface area contributed by atoms with Gasteiger partial charge in [-0.1, -0.05) is 43.9 Å². The van der Waals surface area contributed by atoms with Crippen molar-refractivity contribution in [2.45, 2.75) is 52.1 Å². The molecule has 0 aromatic heterocycles. The minimum Gasteiger partial charge on any atom is -0.459 e. The van der Waals surface area contributed by atoms with Crippen molar-refractivity contribution in [2.75, 3.05) is 4.90 Å². The van der Waals surface area contributed by atoms with Gasteiger partial charge in [0.15, 0.2) is 0 Å². The summed E-state index contributed by atoms with van der Waals surface area (Å²) in [6.07, 6.45) is 5.05. The highest BCUT2D eigenvalue weighted by Crippen LogP contribution is 2.30. The molecule has 0 aliphatic carbocycles. The lowest BCUT2D eigenvalue weighted by atomic mass is 10.1. The Bertz CT molecular complexity index is 940. The van der Waals surface area contributed by atoms with E-state index in [1.54, 1.807) is 24.3 Å². The molecule has 5 nitrogen and oxygen atoms in total. The van der Waals surface area contributed by atoms with E-state index in [0.29, 0.717) is 10.7 Å². The molecular formula is C23H24ClNO4. The summed E-state index contributed by atoms with van der Waals surface area (Å²) in [5.74, 6) is -1.40. The minimum atomic E-state index is -0.489. The van der Waals surface area contributed by atoms with Crippen molar-refractivity contribution in [1.29, 1.82) is 0 Å². The van der Waals surface area contributed by atoms with Crippen LogP contribution in [0.25, 0.3) is 0 Å². The average molecular weight is 414 g/mol. The van der Waals surface area contributed by atoms with E-state index >= 15 is 0 Å². The van der Waals surface area contributed by atoms with E-state index in [4.69, 9.17) is 16.3 Å². The summed E-state index contributed by atoms with van der Waals surface area (Å²) in [4.78, 5) is 39.1. The maximum absolute atomic E-state index is 12.8. The van der Waals surface area contributed by atoms with Gasteiger partial charge in [0, 0.05) is 5.02 Å². The monoisotopic (exact) mass is 413 g/mol. The zero-order valence-electron chi connectivity index (χ0n) is 16.6. The molecule has 0 spiro atoms. The third-order valence-electron chi connectivity index (χ3n) is 4.96. The van der Waals surface area contributed by atoms with Gasteiger partial charge in [-0.25, -0.2) is 9.69 Å². The van der Waals surface area contributed by atoms with E-state index in [-0.39, 0.29) is 22.8 Å². The SMILES string of the molecule is CCCCCC[C@@H](C)OC(=O)c1ccc2c(c1)C(=O)N(c1cccc(Cl)c1)C2=O. The Morgan fingerprint density at radius 1 is 1.03 bits per heavy atom. The first kappa shape index (κ1) is 21.1. The van der Waals surface area contributed by atoms with Crippen LogP contribution in [0.1, 0.15) is 77.0 Å². The van der Waals surface area contributed by atoms with Crippen LogP contribution in [-0.4, -0.2) is 23.9 Å². The number of imide groups is 1. The summed E-state index contributed by atoms with van der Waals surface area (Å²) in [7, 11) is 0. The third kappa shape index (κ3) is 4.67. The van der Waals surface area contributed by atoms with Crippen LogP contribution < -0.4 is 4.90 Å². The van der Waals surface area contributed by atoms with Gasteiger partial charge in [0.1, 0.15) is 0 Å². The number of carbonyl (C=O) groups excluding carboxylic acids is 3. The molecule has 0 radical (unpaired) electrons. The van der Waals surface area contributed by atoms with Crippen molar-refractivity contribution in [3.05, 3.63) is 64.2 Å². The number of nitrogens with zero attached hydrogens (tertiary/aromatic N) is 1. The highest BCUT2D eigenvalue weighted by atomic mass is 35.5. The molecule has 0 fully saturated rings. The molecular weight excluding hydrogens is 390 g/mol. The van der Waals surface area contributed by atoms with Crippen LogP contribution in [0.3, 0.4) is 0 Å². The van der Waals surface area contributed by atoms with Crippen LogP contribution in [0.2, 0.25) is 5.02 Å². The van der Waals surface area contributed by atoms with Crippen LogP contribution in [0, 0.1) is 0 Å². The van der Waals surface area contributed by atoms with E-state index in [1.807, 2.05) is 6.92 Å². The average Bonchev–Trinajstić information content (AvgIpc) is 2.95. The second kappa shape index (κ2) is 9.23. The van der Waals surface area contributed by atoms with Crippen molar-refractivity contribution in [3.63, 3.8) is 0 Å². The summed E-state index contributed by atoms with van der Waals surface area (Å²) >= 11 is 5.99. The first-order valence-corrected chi connectivity index (χ1v) is 10.3. The second-order valence-electron chi connectivity index (χ2n) is 7.25. The number of benzene rings is 2. The fourth-order valence-corrected chi connectivity index (χ4v) is 3.57. The van der Waals surface area contributed by atoms with Gasteiger partial charge in [0.05, 0.1) is 28.5 Å². The zero-order valence-corrected chi connectivity index (χ0v) is 17.4. The molecule has 2 amide bonds. The van der Waals surface area contributed by atoms with Crippen LogP contribution in [-0.2, 0) is 4.74 Å². The predicted octanol–water partition coefficient (Wildman–Crippen LogP) is 5.66. The van der Waals surface area contributed by atoms with Crippen molar-refractivity contribution >= 4 is 35.1 Å². The predicted molar refractivity (Wildman–Crippen MR) is 113 cm³/mol.